The van der Waals surface area contributed by atoms with E-state index in [4.69, 9.17) is 0 Å². The first-order valence-corrected chi connectivity index (χ1v) is 7.64. The maximum Gasteiger partial charge on any atom is 0.229 e. The van der Waals surface area contributed by atoms with Crippen molar-refractivity contribution in [3.8, 4) is 0 Å². The molecule has 0 radical (unpaired) electrons. The van der Waals surface area contributed by atoms with Gasteiger partial charge in [-0.15, -0.1) is 10.2 Å². The van der Waals surface area contributed by atoms with Crippen LogP contribution in [0, 0.1) is 5.92 Å². The largest absolute Gasteiger partial charge is 0.392 e. The number of aliphatic hydroxyl groups is 1. The van der Waals surface area contributed by atoms with Crippen molar-refractivity contribution >= 4 is 5.91 Å². The van der Waals surface area contributed by atoms with Crippen LogP contribution in [0.3, 0.4) is 0 Å². The van der Waals surface area contributed by atoms with Gasteiger partial charge in [-0.05, 0) is 26.3 Å². The number of rotatable bonds is 2. The minimum atomic E-state index is -0.496. The number of hydrogen-bond donors (Lipinski definition) is 1. The van der Waals surface area contributed by atoms with Crippen LogP contribution in [-0.4, -0.2) is 74.9 Å². The molecule has 116 valence electrons. The number of likely N-dealkylation sites (tertiary alicyclic amines) is 2. The van der Waals surface area contributed by atoms with Gasteiger partial charge in [-0.1, -0.05) is 0 Å². The van der Waals surface area contributed by atoms with E-state index in [1.807, 2.05) is 16.5 Å². The van der Waals surface area contributed by atoms with Crippen LogP contribution in [0.25, 0.3) is 0 Å². The molecule has 0 spiro atoms. The van der Waals surface area contributed by atoms with Gasteiger partial charge in [0.25, 0.3) is 0 Å². The summed E-state index contributed by atoms with van der Waals surface area (Å²) in [6, 6.07) is 0.378. The van der Waals surface area contributed by atoms with E-state index in [9.17, 15) is 9.90 Å². The predicted molar refractivity (Wildman–Crippen MR) is 76.5 cm³/mol. The van der Waals surface area contributed by atoms with Crippen molar-refractivity contribution in [2.45, 2.75) is 31.4 Å². The van der Waals surface area contributed by atoms with Crippen molar-refractivity contribution in [1.29, 1.82) is 0 Å². The van der Waals surface area contributed by atoms with E-state index >= 15 is 0 Å². The van der Waals surface area contributed by atoms with E-state index in [2.05, 4.69) is 15.1 Å². The van der Waals surface area contributed by atoms with Crippen LogP contribution in [0.5, 0.6) is 0 Å². The molecule has 2 aliphatic rings. The molecule has 21 heavy (non-hydrogen) atoms. The van der Waals surface area contributed by atoms with Gasteiger partial charge < -0.3 is 19.5 Å². The van der Waals surface area contributed by atoms with Gasteiger partial charge in [0, 0.05) is 32.2 Å². The van der Waals surface area contributed by atoms with Gasteiger partial charge in [-0.3, -0.25) is 4.79 Å². The fourth-order valence-electron chi connectivity index (χ4n) is 3.36. The minimum Gasteiger partial charge on any atom is -0.392 e. The number of amides is 1. The van der Waals surface area contributed by atoms with Gasteiger partial charge in [0.1, 0.15) is 12.7 Å². The van der Waals surface area contributed by atoms with E-state index < -0.39 is 6.10 Å². The Kier molecular flexibility index (Phi) is 4.21. The number of carbonyl (C=O) groups is 1. The van der Waals surface area contributed by atoms with Crippen molar-refractivity contribution < 1.29 is 9.90 Å². The monoisotopic (exact) mass is 293 g/mol. The molecule has 7 nitrogen and oxygen atoms in total. The van der Waals surface area contributed by atoms with Crippen LogP contribution in [0.15, 0.2) is 12.7 Å². The third kappa shape index (κ3) is 3.08. The van der Waals surface area contributed by atoms with Crippen molar-refractivity contribution in [1.82, 2.24) is 24.6 Å². The van der Waals surface area contributed by atoms with Crippen LogP contribution >= 0.6 is 0 Å². The van der Waals surface area contributed by atoms with E-state index in [1.165, 1.54) is 0 Å². The maximum absolute atomic E-state index is 12.6. The summed E-state index contributed by atoms with van der Waals surface area (Å²) in [5, 5.41) is 17.8. The summed E-state index contributed by atoms with van der Waals surface area (Å²) in [6.45, 7) is 3.01. The number of hydrogen-bond acceptors (Lipinski definition) is 5. The van der Waals surface area contributed by atoms with Gasteiger partial charge in [0.2, 0.25) is 5.91 Å². The van der Waals surface area contributed by atoms with Crippen LogP contribution < -0.4 is 0 Å². The summed E-state index contributed by atoms with van der Waals surface area (Å²) in [5.74, 6) is -0.161. The van der Waals surface area contributed by atoms with Gasteiger partial charge in [-0.25, -0.2) is 0 Å². The van der Waals surface area contributed by atoms with E-state index in [-0.39, 0.29) is 11.8 Å². The molecule has 1 amide bonds. The first kappa shape index (κ1) is 14.5. The summed E-state index contributed by atoms with van der Waals surface area (Å²) in [7, 11) is 2.00. The first-order chi connectivity index (χ1) is 10.1. The number of aromatic nitrogens is 3. The molecule has 3 rings (SSSR count). The van der Waals surface area contributed by atoms with Crippen LogP contribution in [0.4, 0.5) is 0 Å². The standard InChI is InChI=1S/C14H23N5O2/c1-17-5-4-13(20)12(8-17)14(21)18-6-2-11(3-7-18)19-9-15-16-10-19/h9-13,20H,2-8H2,1H3/t12-,13-/m1/s1. The Balaban J connectivity index is 1.57. The van der Waals surface area contributed by atoms with Gasteiger partial charge in [0.15, 0.2) is 0 Å². The molecule has 2 fully saturated rings. The zero-order chi connectivity index (χ0) is 14.8. The molecule has 1 aromatic rings. The second-order valence-electron chi connectivity index (χ2n) is 6.19. The Hall–Kier alpha value is -1.47. The Morgan fingerprint density at radius 2 is 1.81 bits per heavy atom. The molecular weight excluding hydrogens is 270 g/mol. The molecule has 0 bridgehead atoms. The lowest BCUT2D eigenvalue weighted by Gasteiger charge is -2.39. The number of nitrogens with zero attached hydrogens (tertiary/aromatic N) is 5. The van der Waals surface area contributed by atoms with Crippen molar-refractivity contribution in [3.05, 3.63) is 12.7 Å². The lowest BCUT2D eigenvalue weighted by molar-refractivity contribution is -0.143. The highest BCUT2D eigenvalue weighted by atomic mass is 16.3. The van der Waals surface area contributed by atoms with Crippen LogP contribution in [0.2, 0.25) is 0 Å². The Bertz CT molecular complexity index is 470. The molecule has 2 atom stereocenters. The summed E-state index contributed by atoms with van der Waals surface area (Å²) < 4.78 is 2.02. The lowest BCUT2D eigenvalue weighted by atomic mass is 9.92. The molecule has 0 aliphatic carbocycles. The molecule has 1 N–H and O–H groups in total. The third-order valence-electron chi connectivity index (χ3n) is 4.73. The Labute approximate surface area is 124 Å². The molecule has 7 heteroatoms. The SMILES string of the molecule is CN1CC[C@@H](O)[C@H](C(=O)N2CCC(n3cnnc3)CC2)C1. The third-order valence-corrected chi connectivity index (χ3v) is 4.73. The van der Waals surface area contributed by atoms with Gasteiger partial charge in [0.05, 0.1) is 12.0 Å². The molecule has 0 unspecified atom stereocenters. The summed E-state index contributed by atoms with van der Waals surface area (Å²) in [5.41, 5.74) is 0. The lowest BCUT2D eigenvalue weighted by Crippen LogP contribution is -2.51. The maximum atomic E-state index is 12.6. The highest BCUT2D eigenvalue weighted by Gasteiger charge is 2.35. The smallest absolute Gasteiger partial charge is 0.229 e. The zero-order valence-electron chi connectivity index (χ0n) is 12.4. The van der Waals surface area contributed by atoms with E-state index in [0.717, 1.165) is 32.5 Å². The Morgan fingerprint density at radius 1 is 1.14 bits per heavy atom. The summed E-state index contributed by atoms with van der Waals surface area (Å²) in [4.78, 5) is 16.6. The molecule has 2 saturated heterocycles. The molecule has 0 aromatic carbocycles. The van der Waals surface area contributed by atoms with Crippen molar-refractivity contribution in [2.75, 3.05) is 33.2 Å². The number of aliphatic hydroxyl groups excluding tert-OH is 1. The first-order valence-electron chi connectivity index (χ1n) is 7.64. The topological polar surface area (TPSA) is 74.5 Å². The van der Waals surface area contributed by atoms with Gasteiger partial charge >= 0.3 is 0 Å². The van der Waals surface area contributed by atoms with Crippen LogP contribution in [0.1, 0.15) is 25.3 Å². The number of piperidine rings is 2. The van der Waals surface area contributed by atoms with Crippen molar-refractivity contribution in [3.63, 3.8) is 0 Å². The highest BCUT2D eigenvalue weighted by molar-refractivity contribution is 5.80. The molecule has 2 aliphatic heterocycles. The average molecular weight is 293 g/mol. The molecular formula is C14H23N5O2. The summed E-state index contributed by atoms with van der Waals surface area (Å²) in [6.07, 6.45) is 5.50. The number of carbonyl (C=O) groups excluding carboxylic acids is 1. The average Bonchev–Trinajstić information content (AvgIpc) is 3.03. The fraction of sp³-hybridized carbons (Fsp3) is 0.786. The quantitative estimate of drug-likeness (QED) is 0.814. The summed E-state index contributed by atoms with van der Waals surface area (Å²) >= 11 is 0. The molecule has 1 aromatic heterocycles. The van der Waals surface area contributed by atoms with Gasteiger partial charge in [-0.2, -0.15) is 0 Å². The van der Waals surface area contributed by atoms with Crippen molar-refractivity contribution in [2.24, 2.45) is 5.92 Å². The fourth-order valence-corrected chi connectivity index (χ4v) is 3.36. The predicted octanol–water partition coefficient (Wildman–Crippen LogP) is -0.246. The van der Waals surface area contributed by atoms with E-state index in [0.29, 0.717) is 19.0 Å². The zero-order valence-corrected chi connectivity index (χ0v) is 12.4. The Morgan fingerprint density at radius 3 is 2.48 bits per heavy atom. The second-order valence-corrected chi connectivity index (χ2v) is 6.19. The van der Waals surface area contributed by atoms with Crippen LogP contribution in [-0.2, 0) is 4.79 Å². The molecule has 0 saturated carbocycles. The normalized spacial score (nSPS) is 28.8. The molecule has 3 heterocycles. The second kappa shape index (κ2) is 6.11. The van der Waals surface area contributed by atoms with E-state index in [1.54, 1.807) is 12.7 Å². The minimum absolute atomic E-state index is 0.108. The highest BCUT2D eigenvalue weighted by Crippen LogP contribution is 2.25.